The lowest BCUT2D eigenvalue weighted by Crippen LogP contribution is -2.14. The standard InChI is InChI=1S/C13H15N3OS/c1-9(12(17)11-7-5-4-6-8-11)18-13-15-14-10(2)16(13)3/h4-9H,1-3H3. The molecular weight excluding hydrogens is 246 g/mol. The smallest absolute Gasteiger partial charge is 0.191 e. The van der Waals surface area contributed by atoms with Gasteiger partial charge in [0.1, 0.15) is 5.82 Å². The molecule has 94 valence electrons. The van der Waals surface area contributed by atoms with Crippen LogP contribution in [0, 0.1) is 6.92 Å². The van der Waals surface area contributed by atoms with E-state index in [0.29, 0.717) is 0 Å². The number of carbonyl (C=O) groups excluding carboxylic acids is 1. The number of aromatic nitrogens is 3. The summed E-state index contributed by atoms with van der Waals surface area (Å²) in [5.41, 5.74) is 0.733. The van der Waals surface area contributed by atoms with E-state index in [-0.39, 0.29) is 11.0 Å². The van der Waals surface area contributed by atoms with Gasteiger partial charge in [0.2, 0.25) is 0 Å². The fraction of sp³-hybridized carbons (Fsp3) is 0.308. The Labute approximate surface area is 110 Å². The first-order valence-electron chi connectivity index (χ1n) is 5.71. The minimum Gasteiger partial charge on any atom is -0.309 e. The molecule has 1 aromatic carbocycles. The second-order valence-corrected chi connectivity index (χ2v) is 5.39. The van der Waals surface area contributed by atoms with Gasteiger partial charge < -0.3 is 4.57 Å². The first kappa shape index (κ1) is 12.8. The van der Waals surface area contributed by atoms with Crippen molar-refractivity contribution >= 4 is 17.5 Å². The average molecular weight is 261 g/mol. The van der Waals surface area contributed by atoms with Crippen molar-refractivity contribution in [2.24, 2.45) is 7.05 Å². The molecule has 5 heteroatoms. The zero-order chi connectivity index (χ0) is 13.1. The van der Waals surface area contributed by atoms with Crippen molar-refractivity contribution in [2.45, 2.75) is 24.3 Å². The van der Waals surface area contributed by atoms with Gasteiger partial charge in [0.15, 0.2) is 10.9 Å². The third-order valence-electron chi connectivity index (χ3n) is 2.76. The Balaban J connectivity index is 2.11. The average Bonchev–Trinajstić information content (AvgIpc) is 2.71. The summed E-state index contributed by atoms with van der Waals surface area (Å²) in [6.45, 7) is 3.78. The highest BCUT2D eigenvalue weighted by Crippen LogP contribution is 2.23. The second-order valence-electron chi connectivity index (χ2n) is 4.08. The van der Waals surface area contributed by atoms with Gasteiger partial charge in [-0.1, -0.05) is 42.1 Å². The van der Waals surface area contributed by atoms with Gasteiger partial charge in [-0.3, -0.25) is 4.79 Å². The van der Waals surface area contributed by atoms with Crippen molar-refractivity contribution in [3.63, 3.8) is 0 Å². The van der Waals surface area contributed by atoms with Crippen molar-refractivity contribution in [3.8, 4) is 0 Å². The molecule has 1 aromatic heterocycles. The van der Waals surface area contributed by atoms with E-state index in [9.17, 15) is 4.79 Å². The summed E-state index contributed by atoms with van der Waals surface area (Å²) in [5.74, 6) is 0.957. The van der Waals surface area contributed by atoms with Crippen LogP contribution in [0.25, 0.3) is 0 Å². The maximum absolute atomic E-state index is 12.2. The normalized spacial score (nSPS) is 12.4. The van der Waals surface area contributed by atoms with E-state index in [4.69, 9.17) is 0 Å². The van der Waals surface area contributed by atoms with Crippen molar-refractivity contribution in [1.82, 2.24) is 14.8 Å². The highest BCUT2D eigenvalue weighted by atomic mass is 32.2. The molecule has 0 aliphatic heterocycles. The highest BCUT2D eigenvalue weighted by molar-refractivity contribution is 8.00. The number of nitrogens with zero attached hydrogens (tertiary/aromatic N) is 3. The molecule has 0 radical (unpaired) electrons. The van der Waals surface area contributed by atoms with E-state index in [0.717, 1.165) is 16.5 Å². The van der Waals surface area contributed by atoms with Crippen molar-refractivity contribution in [2.75, 3.05) is 0 Å². The predicted octanol–water partition coefficient (Wildman–Crippen LogP) is 2.49. The maximum Gasteiger partial charge on any atom is 0.191 e. The quantitative estimate of drug-likeness (QED) is 0.626. The summed E-state index contributed by atoms with van der Waals surface area (Å²) in [6.07, 6.45) is 0. The van der Waals surface area contributed by atoms with E-state index in [1.807, 2.05) is 55.8 Å². The van der Waals surface area contributed by atoms with Crippen LogP contribution in [0.1, 0.15) is 23.1 Å². The number of aryl methyl sites for hydroxylation is 1. The molecule has 1 atom stereocenters. The van der Waals surface area contributed by atoms with Crippen molar-refractivity contribution in [1.29, 1.82) is 0 Å². The summed E-state index contributed by atoms with van der Waals surface area (Å²) in [6, 6.07) is 9.32. The first-order chi connectivity index (χ1) is 8.59. The molecular formula is C13H15N3OS. The number of hydrogen-bond donors (Lipinski definition) is 0. The van der Waals surface area contributed by atoms with Gasteiger partial charge in [0, 0.05) is 12.6 Å². The van der Waals surface area contributed by atoms with Crippen LogP contribution in [0.15, 0.2) is 35.5 Å². The zero-order valence-electron chi connectivity index (χ0n) is 10.6. The summed E-state index contributed by atoms with van der Waals surface area (Å²) < 4.78 is 1.89. The molecule has 1 unspecified atom stereocenters. The lowest BCUT2D eigenvalue weighted by atomic mass is 10.1. The molecule has 2 aromatic rings. The van der Waals surface area contributed by atoms with Gasteiger partial charge in [-0.15, -0.1) is 10.2 Å². The molecule has 4 nitrogen and oxygen atoms in total. The SMILES string of the molecule is Cc1nnc(SC(C)C(=O)c2ccccc2)n1C. The third kappa shape index (κ3) is 2.61. The molecule has 18 heavy (non-hydrogen) atoms. The van der Waals surface area contributed by atoms with Gasteiger partial charge in [0.25, 0.3) is 0 Å². The van der Waals surface area contributed by atoms with Gasteiger partial charge in [0.05, 0.1) is 5.25 Å². The summed E-state index contributed by atoms with van der Waals surface area (Å²) >= 11 is 1.43. The van der Waals surface area contributed by atoms with Gasteiger partial charge in [-0.2, -0.15) is 0 Å². The minimum atomic E-state index is -0.172. The number of carbonyl (C=O) groups is 1. The summed E-state index contributed by atoms with van der Waals surface area (Å²) in [4.78, 5) is 12.2. The molecule has 0 saturated carbocycles. The second kappa shape index (κ2) is 5.35. The Morgan fingerprint density at radius 2 is 1.94 bits per heavy atom. The molecule has 0 aliphatic carbocycles. The molecule has 0 saturated heterocycles. The number of Topliss-reactive ketones (excluding diaryl/α,β-unsaturated/α-hetero) is 1. The molecule has 1 heterocycles. The molecule has 2 rings (SSSR count). The molecule has 0 bridgehead atoms. The van der Waals surface area contributed by atoms with E-state index >= 15 is 0 Å². The predicted molar refractivity (Wildman–Crippen MR) is 71.8 cm³/mol. The Morgan fingerprint density at radius 1 is 1.28 bits per heavy atom. The third-order valence-corrected chi connectivity index (χ3v) is 3.90. The fourth-order valence-electron chi connectivity index (χ4n) is 1.54. The van der Waals surface area contributed by atoms with Gasteiger partial charge in [-0.05, 0) is 13.8 Å². The van der Waals surface area contributed by atoms with Crippen LogP contribution in [0.4, 0.5) is 0 Å². The summed E-state index contributed by atoms with van der Waals surface area (Å²) in [5, 5.41) is 8.63. The van der Waals surface area contributed by atoms with E-state index in [1.165, 1.54) is 11.8 Å². The monoisotopic (exact) mass is 261 g/mol. The number of thioether (sulfide) groups is 1. The van der Waals surface area contributed by atoms with Crippen LogP contribution in [0.3, 0.4) is 0 Å². The van der Waals surface area contributed by atoms with E-state index in [1.54, 1.807) is 0 Å². The Morgan fingerprint density at radius 3 is 2.50 bits per heavy atom. The number of benzene rings is 1. The van der Waals surface area contributed by atoms with Crippen LogP contribution < -0.4 is 0 Å². The number of ketones is 1. The Bertz CT molecular complexity index is 551. The van der Waals surface area contributed by atoms with Crippen LogP contribution in [0.5, 0.6) is 0 Å². The largest absolute Gasteiger partial charge is 0.309 e. The first-order valence-corrected chi connectivity index (χ1v) is 6.59. The van der Waals surface area contributed by atoms with E-state index in [2.05, 4.69) is 10.2 Å². The lowest BCUT2D eigenvalue weighted by Gasteiger charge is -2.09. The van der Waals surface area contributed by atoms with Crippen molar-refractivity contribution in [3.05, 3.63) is 41.7 Å². The van der Waals surface area contributed by atoms with Crippen LogP contribution in [-0.4, -0.2) is 25.8 Å². The number of hydrogen-bond acceptors (Lipinski definition) is 4. The van der Waals surface area contributed by atoms with Crippen LogP contribution in [-0.2, 0) is 7.05 Å². The Hall–Kier alpha value is -1.62. The van der Waals surface area contributed by atoms with Crippen LogP contribution >= 0.6 is 11.8 Å². The Kier molecular flexibility index (Phi) is 3.81. The fourth-order valence-corrected chi connectivity index (χ4v) is 2.48. The van der Waals surface area contributed by atoms with Crippen LogP contribution in [0.2, 0.25) is 0 Å². The minimum absolute atomic E-state index is 0.112. The lowest BCUT2D eigenvalue weighted by molar-refractivity contribution is 0.0994. The molecule has 0 spiro atoms. The molecule has 0 aliphatic rings. The topological polar surface area (TPSA) is 47.8 Å². The van der Waals surface area contributed by atoms with Gasteiger partial charge >= 0.3 is 0 Å². The molecule has 0 fully saturated rings. The zero-order valence-corrected chi connectivity index (χ0v) is 11.4. The van der Waals surface area contributed by atoms with E-state index < -0.39 is 0 Å². The molecule has 0 N–H and O–H groups in total. The molecule has 0 amide bonds. The van der Waals surface area contributed by atoms with Gasteiger partial charge in [-0.25, -0.2) is 0 Å². The highest BCUT2D eigenvalue weighted by Gasteiger charge is 2.19. The maximum atomic E-state index is 12.2. The summed E-state index contributed by atoms with van der Waals surface area (Å²) in [7, 11) is 1.90. The van der Waals surface area contributed by atoms with Crippen molar-refractivity contribution < 1.29 is 4.79 Å². The number of rotatable bonds is 4.